The van der Waals surface area contributed by atoms with Crippen LogP contribution in [0.3, 0.4) is 0 Å². The minimum Gasteiger partial charge on any atom is -0.375 e. The van der Waals surface area contributed by atoms with Gasteiger partial charge in [-0.05, 0) is 51.3 Å². The van der Waals surface area contributed by atoms with Crippen molar-refractivity contribution in [2.24, 2.45) is 0 Å². The lowest BCUT2D eigenvalue weighted by Gasteiger charge is -2.36. The molecule has 0 unspecified atom stereocenters. The molecule has 2 atom stereocenters. The highest BCUT2D eigenvalue weighted by atomic mass is 32.2. The summed E-state index contributed by atoms with van der Waals surface area (Å²) in [4.78, 5) is 12.4. The molecule has 2 aliphatic rings. The van der Waals surface area contributed by atoms with Crippen molar-refractivity contribution in [3.63, 3.8) is 0 Å². The summed E-state index contributed by atoms with van der Waals surface area (Å²) in [6.45, 7) is 6.83. The molecular weight excluding hydrogens is 365 g/mol. The maximum atomic E-state index is 13.4. The number of aromatic nitrogens is 2. The van der Waals surface area contributed by atoms with E-state index in [1.165, 1.54) is 12.1 Å². The molecular formula is C20H24FN3O2S. The average molecular weight is 389 g/mol. The SMILES string of the molecule is Cc1nn([C@@H]2CCOC(C)(C)C2)c2c1[C@H](c1ccc(F)cc1)SCC(=O)N2. The first-order chi connectivity index (χ1) is 12.8. The van der Waals surface area contributed by atoms with Gasteiger partial charge in [0.2, 0.25) is 5.91 Å². The van der Waals surface area contributed by atoms with Crippen LogP contribution < -0.4 is 5.32 Å². The minimum absolute atomic E-state index is 0.0293. The fraction of sp³-hybridized carbons (Fsp3) is 0.500. The standard InChI is InChI=1S/C20H24FN3O2S/c1-12-17-18(13-4-6-14(21)7-5-13)27-11-16(25)22-19(17)24(23-12)15-8-9-26-20(2,3)10-15/h4-7,15,18H,8-11H2,1-3H3,(H,22,25)/t15-,18+/m1/s1. The topological polar surface area (TPSA) is 56.2 Å². The van der Waals surface area contributed by atoms with Crippen LogP contribution in [0.5, 0.6) is 0 Å². The third kappa shape index (κ3) is 3.62. The number of hydrogen-bond donors (Lipinski definition) is 1. The number of anilines is 1. The Labute approximate surface area is 162 Å². The third-order valence-corrected chi connectivity index (χ3v) is 6.49. The van der Waals surface area contributed by atoms with Crippen LogP contribution >= 0.6 is 11.8 Å². The van der Waals surface area contributed by atoms with Crippen LogP contribution in [0.25, 0.3) is 0 Å². The molecule has 144 valence electrons. The van der Waals surface area contributed by atoms with Crippen molar-refractivity contribution in [1.29, 1.82) is 0 Å². The van der Waals surface area contributed by atoms with Gasteiger partial charge in [-0.25, -0.2) is 9.07 Å². The Morgan fingerprint density at radius 1 is 1.33 bits per heavy atom. The maximum Gasteiger partial charge on any atom is 0.235 e. The first-order valence-corrected chi connectivity index (χ1v) is 10.3. The summed E-state index contributed by atoms with van der Waals surface area (Å²) in [7, 11) is 0. The second-order valence-corrected chi connectivity index (χ2v) is 8.93. The first-order valence-electron chi connectivity index (χ1n) is 9.24. The maximum absolute atomic E-state index is 13.4. The smallest absolute Gasteiger partial charge is 0.235 e. The Morgan fingerprint density at radius 2 is 2.07 bits per heavy atom. The van der Waals surface area contributed by atoms with Gasteiger partial charge in [-0.15, -0.1) is 11.8 Å². The number of hydrogen-bond acceptors (Lipinski definition) is 4. The van der Waals surface area contributed by atoms with E-state index >= 15 is 0 Å². The summed E-state index contributed by atoms with van der Waals surface area (Å²) < 4.78 is 21.2. The number of carbonyl (C=O) groups excluding carboxylic acids is 1. The normalized spacial score (nSPS) is 24.8. The molecule has 0 bridgehead atoms. The zero-order valence-electron chi connectivity index (χ0n) is 15.8. The number of benzene rings is 1. The van der Waals surface area contributed by atoms with Crippen molar-refractivity contribution in [3.05, 3.63) is 46.9 Å². The lowest BCUT2D eigenvalue weighted by Crippen LogP contribution is -2.36. The van der Waals surface area contributed by atoms with Crippen LogP contribution in [0.15, 0.2) is 24.3 Å². The van der Waals surface area contributed by atoms with Crippen LogP contribution in [0, 0.1) is 12.7 Å². The molecule has 1 N–H and O–H groups in total. The molecule has 1 fully saturated rings. The van der Waals surface area contributed by atoms with Gasteiger partial charge in [0.1, 0.15) is 11.6 Å². The third-order valence-electron chi connectivity index (χ3n) is 5.22. The van der Waals surface area contributed by atoms with E-state index in [-0.39, 0.29) is 28.6 Å². The van der Waals surface area contributed by atoms with Gasteiger partial charge in [0.25, 0.3) is 0 Å². The number of rotatable bonds is 2. The minimum atomic E-state index is -0.261. The quantitative estimate of drug-likeness (QED) is 0.835. The van der Waals surface area contributed by atoms with Crippen LogP contribution in [0.4, 0.5) is 10.2 Å². The molecule has 2 aliphatic heterocycles. The summed E-state index contributed by atoms with van der Waals surface area (Å²) in [6.07, 6.45) is 1.70. The van der Waals surface area contributed by atoms with Crippen LogP contribution in [0.1, 0.15) is 54.8 Å². The molecule has 1 aromatic heterocycles. The molecule has 1 aromatic carbocycles. The van der Waals surface area contributed by atoms with E-state index in [0.717, 1.165) is 35.5 Å². The van der Waals surface area contributed by atoms with Gasteiger partial charge < -0.3 is 10.1 Å². The highest BCUT2D eigenvalue weighted by Crippen LogP contribution is 2.45. The van der Waals surface area contributed by atoms with E-state index in [2.05, 4.69) is 19.2 Å². The lowest BCUT2D eigenvalue weighted by atomic mass is 9.94. The number of nitrogens with one attached hydrogen (secondary N) is 1. The Morgan fingerprint density at radius 3 is 2.78 bits per heavy atom. The molecule has 1 amide bonds. The molecule has 0 aliphatic carbocycles. The van der Waals surface area contributed by atoms with Gasteiger partial charge in [0, 0.05) is 12.2 Å². The summed E-state index contributed by atoms with van der Waals surface area (Å²) >= 11 is 1.56. The molecule has 2 aromatic rings. The van der Waals surface area contributed by atoms with Crippen molar-refractivity contribution < 1.29 is 13.9 Å². The van der Waals surface area contributed by atoms with E-state index < -0.39 is 0 Å². The molecule has 5 nitrogen and oxygen atoms in total. The lowest BCUT2D eigenvalue weighted by molar-refractivity contribution is -0.113. The van der Waals surface area contributed by atoms with Crippen LogP contribution in [0.2, 0.25) is 0 Å². The molecule has 1 saturated heterocycles. The number of aryl methyl sites for hydroxylation is 1. The summed E-state index contributed by atoms with van der Waals surface area (Å²) in [5.41, 5.74) is 2.68. The summed E-state index contributed by atoms with van der Waals surface area (Å²) in [6, 6.07) is 6.70. The van der Waals surface area contributed by atoms with Crippen molar-refractivity contribution in [2.45, 2.75) is 50.5 Å². The molecule has 0 spiro atoms. The summed E-state index contributed by atoms with van der Waals surface area (Å²) in [5.74, 6) is 0.844. The van der Waals surface area contributed by atoms with Crippen molar-refractivity contribution in [3.8, 4) is 0 Å². The molecule has 27 heavy (non-hydrogen) atoms. The van der Waals surface area contributed by atoms with Crippen molar-refractivity contribution >= 4 is 23.5 Å². The number of ether oxygens (including phenoxy) is 1. The highest BCUT2D eigenvalue weighted by Gasteiger charge is 2.36. The largest absolute Gasteiger partial charge is 0.375 e. The first kappa shape index (κ1) is 18.5. The predicted octanol–water partition coefficient (Wildman–Crippen LogP) is 4.24. The molecule has 0 saturated carbocycles. The summed E-state index contributed by atoms with van der Waals surface area (Å²) in [5, 5.41) is 7.83. The average Bonchev–Trinajstić information content (AvgIpc) is 2.81. The Kier molecular flexibility index (Phi) is 4.76. The molecule has 0 radical (unpaired) electrons. The van der Waals surface area contributed by atoms with Crippen LogP contribution in [-0.4, -0.2) is 33.6 Å². The Bertz CT molecular complexity index is 863. The van der Waals surface area contributed by atoms with E-state index in [0.29, 0.717) is 12.4 Å². The van der Waals surface area contributed by atoms with Gasteiger partial charge in [0.05, 0.1) is 28.3 Å². The van der Waals surface area contributed by atoms with Gasteiger partial charge in [-0.1, -0.05) is 12.1 Å². The fourth-order valence-electron chi connectivity index (χ4n) is 3.98. The van der Waals surface area contributed by atoms with Crippen LogP contribution in [-0.2, 0) is 9.53 Å². The van der Waals surface area contributed by atoms with E-state index in [4.69, 9.17) is 9.84 Å². The number of nitrogens with zero attached hydrogens (tertiary/aromatic N) is 2. The van der Waals surface area contributed by atoms with E-state index in [1.807, 2.05) is 11.6 Å². The molecule has 4 rings (SSSR count). The number of thioether (sulfide) groups is 1. The monoisotopic (exact) mass is 389 g/mol. The molecule has 7 heteroatoms. The fourth-order valence-corrected chi connectivity index (χ4v) is 5.17. The Hall–Kier alpha value is -1.86. The molecule has 3 heterocycles. The zero-order chi connectivity index (χ0) is 19.2. The Balaban J connectivity index is 1.78. The van der Waals surface area contributed by atoms with Crippen molar-refractivity contribution in [2.75, 3.05) is 17.7 Å². The van der Waals surface area contributed by atoms with Gasteiger partial charge in [-0.2, -0.15) is 5.10 Å². The zero-order valence-corrected chi connectivity index (χ0v) is 16.6. The predicted molar refractivity (Wildman–Crippen MR) is 105 cm³/mol. The van der Waals surface area contributed by atoms with Gasteiger partial charge in [0.15, 0.2) is 0 Å². The number of fused-ring (bicyclic) bond motifs is 1. The highest BCUT2D eigenvalue weighted by molar-refractivity contribution is 8.00. The second kappa shape index (κ2) is 6.95. The van der Waals surface area contributed by atoms with Crippen molar-refractivity contribution in [1.82, 2.24) is 9.78 Å². The second-order valence-electron chi connectivity index (χ2n) is 7.84. The number of carbonyl (C=O) groups is 1. The number of halogens is 1. The van der Waals surface area contributed by atoms with Gasteiger partial charge in [-0.3, -0.25) is 4.79 Å². The van der Waals surface area contributed by atoms with E-state index in [9.17, 15) is 9.18 Å². The number of amides is 1. The van der Waals surface area contributed by atoms with Gasteiger partial charge >= 0.3 is 0 Å². The van der Waals surface area contributed by atoms with E-state index in [1.54, 1.807) is 23.9 Å².